The van der Waals surface area contributed by atoms with Crippen molar-refractivity contribution in [3.8, 4) is 0 Å². The second-order valence-electron chi connectivity index (χ2n) is 7.95. The van der Waals surface area contributed by atoms with Gasteiger partial charge in [0.25, 0.3) is 5.56 Å². The van der Waals surface area contributed by atoms with Gasteiger partial charge in [0.05, 0.1) is 16.3 Å². The fourth-order valence-corrected chi connectivity index (χ4v) is 5.84. The van der Waals surface area contributed by atoms with E-state index in [-0.39, 0.29) is 11.6 Å². The Bertz CT molecular complexity index is 1550. The van der Waals surface area contributed by atoms with Crippen molar-refractivity contribution in [2.75, 3.05) is 0 Å². The molecule has 0 saturated heterocycles. The number of benzene rings is 2. The predicted molar refractivity (Wildman–Crippen MR) is 131 cm³/mol. The molecule has 1 atom stereocenters. The maximum absolute atomic E-state index is 13.6. The first-order valence-corrected chi connectivity index (χ1v) is 12.1. The fourth-order valence-electron chi connectivity index (χ4n) is 4.58. The molecule has 0 unspecified atom stereocenters. The molecule has 2 aromatic heterocycles. The minimum Gasteiger partial charge on any atom is -0.272 e. The van der Waals surface area contributed by atoms with Crippen molar-refractivity contribution >= 4 is 39.0 Å². The Balaban J connectivity index is 1.64. The number of halogens is 1. The summed E-state index contributed by atoms with van der Waals surface area (Å²) >= 11 is 4.99. The van der Waals surface area contributed by atoms with E-state index >= 15 is 0 Å². The highest BCUT2D eigenvalue weighted by Gasteiger charge is 2.32. The Morgan fingerprint density at radius 1 is 1.00 bits per heavy atom. The van der Waals surface area contributed by atoms with E-state index < -0.39 is 0 Å². The summed E-state index contributed by atoms with van der Waals surface area (Å²) in [5.74, 6) is 0. The number of thiazole rings is 1. The third kappa shape index (κ3) is 3.22. The summed E-state index contributed by atoms with van der Waals surface area (Å²) in [5, 5.41) is 0. The molecule has 2 aromatic carbocycles. The van der Waals surface area contributed by atoms with Crippen LogP contribution in [0.4, 0.5) is 0 Å². The number of aromatic nitrogens is 2. The third-order valence-electron chi connectivity index (χ3n) is 6.06. The summed E-state index contributed by atoms with van der Waals surface area (Å²) in [6.45, 7) is 0. The van der Waals surface area contributed by atoms with Gasteiger partial charge in [-0.2, -0.15) is 0 Å². The van der Waals surface area contributed by atoms with Crippen molar-refractivity contribution in [1.82, 2.24) is 9.55 Å². The topological polar surface area (TPSA) is 47.2 Å². The zero-order chi connectivity index (χ0) is 21.7. The number of allylic oxidation sites excluding steroid dienone is 1. The van der Waals surface area contributed by atoms with E-state index in [0.717, 1.165) is 38.9 Å². The lowest BCUT2D eigenvalue weighted by atomic mass is 9.83. The quantitative estimate of drug-likeness (QED) is 0.408. The summed E-state index contributed by atoms with van der Waals surface area (Å²) in [5.41, 5.74) is 6.81. The van der Waals surface area contributed by atoms with Crippen molar-refractivity contribution in [3.05, 3.63) is 125 Å². The molecular formula is C26H18BrN3OS. The normalized spacial score (nSPS) is 17.4. The van der Waals surface area contributed by atoms with Gasteiger partial charge in [-0.25, -0.2) is 4.99 Å². The van der Waals surface area contributed by atoms with Gasteiger partial charge in [-0.15, -0.1) is 0 Å². The van der Waals surface area contributed by atoms with Crippen molar-refractivity contribution in [2.24, 2.45) is 4.99 Å². The molecule has 3 heterocycles. The second-order valence-corrected chi connectivity index (χ2v) is 9.87. The summed E-state index contributed by atoms with van der Waals surface area (Å²) in [7, 11) is 0. The van der Waals surface area contributed by atoms with Crippen LogP contribution in [0.3, 0.4) is 0 Å². The van der Waals surface area contributed by atoms with E-state index in [0.29, 0.717) is 4.53 Å². The molecule has 156 valence electrons. The molecule has 0 spiro atoms. The highest BCUT2D eigenvalue weighted by Crippen LogP contribution is 2.41. The monoisotopic (exact) mass is 499 g/mol. The van der Waals surface area contributed by atoms with Crippen molar-refractivity contribution in [2.45, 2.75) is 18.9 Å². The van der Waals surface area contributed by atoms with Crippen molar-refractivity contribution in [3.63, 3.8) is 0 Å². The minimum atomic E-state index is -0.151. The van der Waals surface area contributed by atoms with Gasteiger partial charge >= 0.3 is 0 Å². The van der Waals surface area contributed by atoms with Gasteiger partial charge in [0, 0.05) is 22.4 Å². The number of fused-ring (bicyclic) bond motifs is 3. The molecule has 32 heavy (non-hydrogen) atoms. The van der Waals surface area contributed by atoms with E-state index in [2.05, 4.69) is 57.3 Å². The van der Waals surface area contributed by atoms with Crippen LogP contribution >= 0.6 is 27.3 Å². The number of nitrogens with zero attached hydrogens (tertiary/aromatic N) is 3. The number of aryl methyl sites for hydroxylation is 1. The zero-order valence-corrected chi connectivity index (χ0v) is 19.4. The summed E-state index contributed by atoms with van der Waals surface area (Å²) in [6, 6.07) is 20.4. The van der Waals surface area contributed by atoms with Gasteiger partial charge in [0.2, 0.25) is 0 Å². The Morgan fingerprint density at radius 2 is 1.78 bits per heavy atom. The van der Waals surface area contributed by atoms with Crippen LogP contribution in [-0.2, 0) is 6.42 Å². The molecule has 1 aliphatic carbocycles. The fraction of sp³-hybridized carbons (Fsp3) is 0.115. The molecule has 6 rings (SSSR count). The Hall–Kier alpha value is -3.09. The second kappa shape index (κ2) is 7.80. The van der Waals surface area contributed by atoms with Crippen LogP contribution in [0, 0.1) is 0 Å². The molecule has 0 N–H and O–H groups in total. The number of pyridine rings is 1. The molecule has 0 radical (unpaired) electrons. The van der Waals surface area contributed by atoms with E-state index in [9.17, 15) is 4.79 Å². The molecule has 0 bridgehead atoms. The molecule has 0 fully saturated rings. The SMILES string of the molecule is O=c1/c(=C/c2ccncc2)sc2n1[C@H](c1ccc(Br)cc1)C1=C(N=2)c2ccccc2CC1. The first kappa shape index (κ1) is 19.6. The third-order valence-corrected chi connectivity index (χ3v) is 7.57. The van der Waals surface area contributed by atoms with Crippen LogP contribution in [0.15, 0.2) is 92.9 Å². The van der Waals surface area contributed by atoms with Gasteiger partial charge in [0.1, 0.15) is 0 Å². The lowest BCUT2D eigenvalue weighted by Crippen LogP contribution is -2.38. The summed E-state index contributed by atoms with van der Waals surface area (Å²) in [6.07, 6.45) is 7.26. The van der Waals surface area contributed by atoms with Gasteiger partial charge in [-0.1, -0.05) is 63.7 Å². The first-order chi connectivity index (χ1) is 15.7. The molecule has 4 aromatic rings. The highest BCUT2D eigenvalue weighted by atomic mass is 79.9. The summed E-state index contributed by atoms with van der Waals surface area (Å²) < 4.78 is 3.59. The first-order valence-electron chi connectivity index (χ1n) is 10.5. The average molecular weight is 500 g/mol. The number of rotatable bonds is 2. The Kier molecular flexibility index (Phi) is 4.77. The Morgan fingerprint density at radius 3 is 2.59 bits per heavy atom. The van der Waals surface area contributed by atoms with E-state index in [1.807, 2.05) is 34.9 Å². The minimum absolute atomic E-state index is 0.00360. The van der Waals surface area contributed by atoms with Crippen molar-refractivity contribution < 1.29 is 0 Å². The summed E-state index contributed by atoms with van der Waals surface area (Å²) in [4.78, 5) is 23.5. The molecular weight excluding hydrogens is 482 g/mol. The van der Waals surface area contributed by atoms with E-state index in [1.54, 1.807) is 12.4 Å². The van der Waals surface area contributed by atoms with Gasteiger partial charge in [-0.3, -0.25) is 14.3 Å². The van der Waals surface area contributed by atoms with Crippen LogP contribution in [0.2, 0.25) is 0 Å². The number of hydrogen-bond donors (Lipinski definition) is 0. The van der Waals surface area contributed by atoms with E-state index in [4.69, 9.17) is 4.99 Å². The molecule has 0 saturated carbocycles. The smallest absolute Gasteiger partial charge is 0.271 e. The van der Waals surface area contributed by atoms with Gasteiger partial charge < -0.3 is 0 Å². The molecule has 4 nitrogen and oxygen atoms in total. The highest BCUT2D eigenvalue weighted by molar-refractivity contribution is 9.10. The predicted octanol–water partition coefficient (Wildman–Crippen LogP) is 4.48. The molecule has 0 amide bonds. The number of hydrogen-bond acceptors (Lipinski definition) is 4. The average Bonchev–Trinajstić information content (AvgIpc) is 3.13. The van der Waals surface area contributed by atoms with Gasteiger partial charge in [-0.05, 0) is 65.4 Å². The van der Waals surface area contributed by atoms with E-state index in [1.165, 1.54) is 28.0 Å². The van der Waals surface area contributed by atoms with Crippen LogP contribution in [0.25, 0.3) is 11.8 Å². The maximum atomic E-state index is 13.6. The van der Waals surface area contributed by atoms with Crippen LogP contribution in [-0.4, -0.2) is 9.55 Å². The zero-order valence-electron chi connectivity index (χ0n) is 17.0. The molecule has 1 aliphatic heterocycles. The lowest BCUT2D eigenvalue weighted by Gasteiger charge is -2.30. The molecule has 2 aliphatic rings. The standard InChI is InChI=1S/C26H18BrN3OS/c27-19-8-5-18(6-9-19)24-21-10-7-17-3-1-2-4-20(17)23(21)29-26-30(24)25(31)22(32-26)15-16-11-13-28-14-12-16/h1-6,8-9,11-15,24H,7,10H2/b22-15-/t24-/m1/s1. The van der Waals surface area contributed by atoms with Crippen LogP contribution < -0.4 is 14.9 Å². The maximum Gasteiger partial charge on any atom is 0.271 e. The van der Waals surface area contributed by atoms with Crippen LogP contribution in [0.1, 0.15) is 34.7 Å². The van der Waals surface area contributed by atoms with Crippen LogP contribution in [0.5, 0.6) is 0 Å². The lowest BCUT2D eigenvalue weighted by molar-refractivity contribution is 0.585. The van der Waals surface area contributed by atoms with Crippen molar-refractivity contribution in [1.29, 1.82) is 0 Å². The largest absolute Gasteiger partial charge is 0.272 e. The molecule has 6 heteroatoms. The Labute approximate surface area is 197 Å². The van der Waals surface area contributed by atoms with Gasteiger partial charge in [0.15, 0.2) is 4.80 Å².